The molecule has 0 atom stereocenters. The van der Waals surface area contributed by atoms with Gasteiger partial charge in [0.05, 0.1) is 0 Å². The molecule has 0 radical (unpaired) electrons. The fourth-order valence-electron chi connectivity index (χ4n) is 3.40. The predicted molar refractivity (Wildman–Crippen MR) is 113 cm³/mol. The van der Waals surface area contributed by atoms with E-state index in [1.54, 1.807) is 17.0 Å². The molecule has 1 heterocycles. The number of hydrogen-bond donors (Lipinski definition) is 1. The second-order valence-electron chi connectivity index (χ2n) is 8.45. The summed E-state index contributed by atoms with van der Waals surface area (Å²) in [5.41, 5.74) is 3.48. The zero-order valence-corrected chi connectivity index (χ0v) is 17.2. The largest absolute Gasteiger partial charge is 0.347 e. The Morgan fingerprint density at radius 3 is 2.43 bits per heavy atom. The van der Waals surface area contributed by atoms with Crippen LogP contribution < -0.4 is 10.2 Å². The van der Waals surface area contributed by atoms with E-state index in [0.29, 0.717) is 18.7 Å². The van der Waals surface area contributed by atoms with Crippen LogP contribution in [0.2, 0.25) is 0 Å². The zero-order chi connectivity index (χ0) is 20.3. The van der Waals surface area contributed by atoms with Crippen LogP contribution in [0.25, 0.3) is 0 Å². The average Bonchev–Trinajstić information content (AvgIpc) is 2.62. The minimum Gasteiger partial charge on any atom is -0.347 e. The van der Waals surface area contributed by atoms with Gasteiger partial charge in [0.1, 0.15) is 0 Å². The number of urea groups is 1. The van der Waals surface area contributed by atoms with Crippen LogP contribution in [-0.4, -0.2) is 35.5 Å². The zero-order valence-electron chi connectivity index (χ0n) is 17.2. The van der Waals surface area contributed by atoms with Gasteiger partial charge < -0.3 is 10.2 Å². The van der Waals surface area contributed by atoms with Gasteiger partial charge in [-0.25, -0.2) is 4.79 Å². The SMILES string of the molecule is Cc1cccc(CN2CCCN(c3ccc(C(=O)NC(C)(C)C)cc3)C2=O)c1. The lowest BCUT2D eigenvalue weighted by Gasteiger charge is -2.35. The number of anilines is 1. The summed E-state index contributed by atoms with van der Waals surface area (Å²) in [6.45, 7) is 9.98. The number of benzene rings is 2. The quantitative estimate of drug-likeness (QED) is 0.858. The van der Waals surface area contributed by atoms with Gasteiger partial charge in [-0.3, -0.25) is 9.69 Å². The molecular weight excluding hydrogens is 350 g/mol. The Labute approximate surface area is 167 Å². The summed E-state index contributed by atoms with van der Waals surface area (Å²) in [7, 11) is 0. The van der Waals surface area contributed by atoms with Gasteiger partial charge in [0.2, 0.25) is 0 Å². The smallest absolute Gasteiger partial charge is 0.324 e. The third-order valence-electron chi connectivity index (χ3n) is 4.70. The molecule has 0 unspecified atom stereocenters. The highest BCUT2D eigenvalue weighted by Crippen LogP contribution is 2.22. The van der Waals surface area contributed by atoms with Crippen LogP contribution in [0.15, 0.2) is 48.5 Å². The first-order valence-electron chi connectivity index (χ1n) is 9.77. The Morgan fingerprint density at radius 1 is 1.07 bits per heavy atom. The molecule has 3 amide bonds. The van der Waals surface area contributed by atoms with Gasteiger partial charge in [-0.2, -0.15) is 0 Å². The van der Waals surface area contributed by atoms with Crippen molar-refractivity contribution < 1.29 is 9.59 Å². The molecule has 0 aromatic heterocycles. The molecule has 28 heavy (non-hydrogen) atoms. The first-order valence-corrected chi connectivity index (χ1v) is 9.77. The maximum atomic E-state index is 13.0. The number of hydrogen-bond acceptors (Lipinski definition) is 2. The number of aryl methyl sites for hydroxylation is 1. The van der Waals surface area contributed by atoms with Crippen LogP contribution in [-0.2, 0) is 6.54 Å². The molecule has 0 bridgehead atoms. The van der Waals surface area contributed by atoms with Gasteiger partial charge in [-0.05, 0) is 63.9 Å². The molecule has 1 fully saturated rings. The normalized spacial score (nSPS) is 14.9. The summed E-state index contributed by atoms with van der Waals surface area (Å²) < 4.78 is 0. The van der Waals surface area contributed by atoms with Gasteiger partial charge in [0, 0.05) is 36.4 Å². The average molecular weight is 380 g/mol. The highest BCUT2D eigenvalue weighted by atomic mass is 16.2. The van der Waals surface area contributed by atoms with Crippen LogP contribution in [0.5, 0.6) is 0 Å². The van der Waals surface area contributed by atoms with E-state index < -0.39 is 0 Å². The minimum atomic E-state index is -0.283. The van der Waals surface area contributed by atoms with Crippen molar-refractivity contribution in [1.82, 2.24) is 10.2 Å². The molecule has 1 N–H and O–H groups in total. The molecule has 3 rings (SSSR count). The number of nitrogens with zero attached hydrogens (tertiary/aromatic N) is 2. The molecule has 5 nitrogen and oxygen atoms in total. The van der Waals surface area contributed by atoms with E-state index >= 15 is 0 Å². The third-order valence-corrected chi connectivity index (χ3v) is 4.70. The standard InChI is InChI=1S/C23H29N3O2/c1-17-7-5-8-18(15-17)16-25-13-6-14-26(22(25)28)20-11-9-19(10-12-20)21(27)24-23(2,3)4/h5,7-12,15H,6,13-14,16H2,1-4H3,(H,24,27). The Morgan fingerprint density at radius 2 is 1.79 bits per heavy atom. The van der Waals surface area contributed by atoms with E-state index in [4.69, 9.17) is 0 Å². The maximum Gasteiger partial charge on any atom is 0.324 e. The van der Waals surface area contributed by atoms with Crippen molar-refractivity contribution in [2.75, 3.05) is 18.0 Å². The summed E-state index contributed by atoms with van der Waals surface area (Å²) in [4.78, 5) is 29.0. The minimum absolute atomic E-state index is 0.0136. The van der Waals surface area contributed by atoms with Gasteiger partial charge in [-0.15, -0.1) is 0 Å². The Kier molecular flexibility index (Phi) is 5.73. The molecule has 1 saturated heterocycles. The highest BCUT2D eigenvalue weighted by Gasteiger charge is 2.27. The Hall–Kier alpha value is -2.82. The number of carbonyl (C=O) groups excluding carboxylic acids is 2. The molecule has 5 heteroatoms. The highest BCUT2D eigenvalue weighted by molar-refractivity contribution is 5.96. The van der Waals surface area contributed by atoms with E-state index in [2.05, 4.69) is 30.4 Å². The summed E-state index contributed by atoms with van der Waals surface area (Å²) in [6.07, 6.45) is 0.920. The Balaban J connectivity index is 1.70. The van der Waals surface area contributed by atoms with E-state index in [1.807, 2.05) is 43.9 Å². The van der Waals surface area contributed by atoms with E-state index in [1.165, 1.54) is 5.56 Å². The maximum absolute atomic E-state index is 13.0. The molecule has 1 aliphatic rings. The number of amides is 3. The van der Waals surface area contributed by atoms with Crippen LogP contribution in [0.3, 0.4) is 0 Å². The summed E-state index contributed by atoms with van der Waals surface area (Å²) in [6, 6.07) is 15.5. The molecule has 0 spiro atoms. The number of carbonyl (C=O) groups is 2. The second-order valence-corrected chi connectivity index (χ2v) is 8.45. The molecule has 1 aliphatic heterocycles. The van der Waals surface area contributed by atoms with E-state index in [-0.39, 0.29) is 17.5 Å². The van der Waals surface area contributed by atoms with Crippen molar-refractivity contribution >= 4 is 17.6 Å². The summed E-state index contributed by atoms with van der Waals surface area (Å²) in [5, 5.41) is 2.95. The first kappa shape index (κ1) is 19.9. The molecule has 2 aromatic rings. The topological polar surface area (TPSA) is 52.6 Å². The lowest BCUT2D eigenvalue weighted by atomic mass is 10.1. The fraction of sp³-hybridized carbons (Fsp3) is 0.391. The monoisotopic (exact) mass is 379 g/mol. The Bertz CT molecular complexity index is 853. The first-order chi connectivity index (χ1) is 13.2. The van der Waals surface area contributed by atoms with Crippen LogP contribution >= 0.6 is 0 Å². The predicted octanol–water partition coefficient (Wildman–Crippen LogP) is 4.36. The van der Waals surface area contributed by atoms with E-state index in [9.17, 15) is 9.59 Å². The van der Waals surface area contributed by atoms with Crippen LogP contribution in [0.4, 0.5) is 10.5 Å². The molecule has 0 saturated carbocycles. The van der Waals surface area contributed by atoms with Crippen LogP contribution in [0.1, 0.15) is 48.7 Å². The summed E-state index contributed by atoms with van der Waals surface area (Å²) in [5.74, 6) is -0.106. The number of nitrogens with one attached hydrogen (secondary N) is 1. The molecule has 0 aliphatic carbocycles. The van der Waals surface area contributed by atoms with Crippen molar-refractivity contribution in [3.05, 3.63) is 65.2 Å². The summed E-state index contributed by atoms with van der Waals surface area (Å²) >= 11 is 0. The van der Waals surface area contributed by atoms with Crippen molar-refractivity contribution in [2.45, 2.75) is 46.2 Å². The fourth-order valence-corrected chi connectivity index (χ4v) is 3.40. The molecule has 2 aromatic carbocycles. The van der Waals surface area contributed by atoms with Crippen molar-refractivity contribution in [2.24, 2.45) is 0 Å². The van der Waals surface area contributed by atoms with Gasteiger partial charge in [-0.1, -0.05) is 29.8 Å². The third kappa shape index (κ3) is 4.91. The second kappa shape index (κ2) is 8.05. The number of rotatable bonds is 4. The van der Waals surface area contributed by atoms with Crippen LogP contribution in [0, 0.1) is 6.92 Å². The van der Waals surface area contributed by atoms with Gasteiger partial charge >= 0.3 is 6.03 Å². The lowest BCUT2D eigenvalue weighted by Crippen LogP contribution is -2.49. The van der Waals surface area contributed by atoms with Crippen molar-refractivity contribution in [3.63, 3.8) is 0 Å². The molecular formula is C23H29N3O2. The van der Waals surface area contributed by atoms with Gasteiger partial charge in [0.25, 0.3) is 5.91 Å². The van der Waals surface area contributed by atoms with Crippen molar-refractivity contribution in [1.29, 1.82) is 0 Å². The van der Waals surface area contributed by atoms with Gasteiger partial charge in [0.15, 0.2) is 0 Å². The van der Waals surface area contributed by atoms with Crippen molar-refractivity contribution in [3.8, 4) is 0 Å². The lowest BCUT2D eigenvalue weighted by molar-refractivity contribution is 0.0919. The van der Waals surface area contributed by atoms with E-state index in [0.717, 1.165) is 24.2 Å². The molecule has 148 valence electrons.